The van der Waals surface area contributed by atoms with Crippen LogP contribution in [0.2, 0.25) is 0 Å². The summed E-state index contributed by atoms with van der Waals surface area (Å²) in [7, 11) is 1.99. The first-order valence-corrected chi connectivity index (χ1v) is 6.32. The highest BCUT2D eigenvalue weighted by Crippen LogP contribution is 2.11. The number of fused-ring (bicyclic) bond motifs is 1. The summed E-state index contributed by atoms with van der Waals surface area (Å²) >= 11 is 0. The first-order chi connectivity index (χ1) is 8.81. The zero-order chi connectivity index (χ0) is 12.8. The maximum absolute atomic E-state index is 5.47. The minimum Gasteiger partial charge on any atom is -0.343 e. The van der Waals surface area contributed by atoms with Crippen molar-refractivity contribution in [3.8, 4) is 0 Å². The first-order valence-electron chi connectivity index (χ1n) is 6.32. The van der Waals surface area contributed by atoms with E-state index in [0.29, 0.717) is 5.95 Å². The highest BCUT2D eigenvalue weighted by Gasteiger charge is 2.05. The number of anilines is 1. The number of nitrogens with zero attached hydrogens (tertiary/aromatic N) is 4. The molecule has 0 saturated carbocycles. The average Bonchev–Trinajstić information content (AvgIpc) is 2.43. The second-order valence-electron chi connectivity index (χ2n) is 4.37. The van der Waals surface area contributed by atoms with Gasteiger partial charge in [0.25, 0.3) is 0 Å². The van der Waals surface area contributed by atoms with E-state index in [1.165, 1.54) is 0 Å². The van der Waals surface area contributed by atoms with Crippen LogP contribution in [-0.4, -0.2) is 35.3 Å². The van der Waals surface area contributed by atoms with Gasteiger partial charge in [0.2, 0.25) is 5.95 Å². The number of para-hydroxylation sites is 1. The molecule has 2 rings (SSSR count). The highest BCUT2D eigenvalue weighted by molar-refractivity contribution is 5.74. The fourth-order valence-electron chi connectivity index (χ4n) is 1.80. The molecule has 0 spiro atoms. The van der Waals surface area contributed by atoms with Crippen LogP contribution in [0.25, 0.3) is 11.0 Å². The van der Waals surface area contributed by atoms with Gasteiger partial charge >= 0.3 is 0 Å². The number of unbranched alkanes of at least 4 members (excludes halogenated alkanes) is 2. The van der Waals surface area contributed by atoms with E-state index >= 15 is 0 Å². The minimum atomic E-state index is 0.682. The molecule has 0 aliphatic heterocycles. The Bertz CT molecular complexity index is 499. The Labute approximate surface area is 107 Å². The Hall–Kier alpha value is -1.75. The number of rotatable bonds is 6. The predicted octanol–water partition coefficient (Wildman–Crippen LogP) is 1.59. The molecular formula is C13H19N5. The van der Waals surface area contributed by atoms with Crippen molar-refractivity contribution < 1.29 is 0 Å². The van der Waals surface area contributed by atoms with Crippen molar-refractivity contribution in [3.63, 3.8) is 0 Å². The van der Waals surface area contributed by atoms with Crippen LogP contribution in [0.1, 0.15) is 19.3 Å². The molecule has 1 aromatic heterocycles. The average molecular weight is 245 g/mol. The van der Waals surface area contributed by atoms with Gasteiger partial charge in [0.15, 0.2) is 0 Å². The first kappa shape index (κ1) is 12.7. The second kappa shape index (κ2) is 6.26. The summed E-state index contributed by atoms with van der Waals surface area (Å²) in [4.78, 5) is 6.54. The van der Waals surface area contributed by atoms with Crippen LogP contribution in [0.15, 0.2) is 24.3 Å². The van der Waals surface area contributed by atoms with Gasteiger partial charge in [-0.2, -0.15) is 0 Å². The Morgan fingerprint density at radius 1 is 1.06 bits per heavy atom. The zero-order valence-corrected chi connectivity index (χ0v) is 10.7. The maximum Gasteiger partial charge on any atom is 0.245 e. The predicted molar refractivity (Wildman–Crippen MR) is 73.5 cm³/mol. The number of benzene rings is 1. The van der Waals surface area contributed by atoms with E-state index in [2.05, 4.69) is 15.2 Å². The molecule has 0 bridgehead atoms. The van der Waals surface area contributed by atoms with Crippen molar-refractivity contribution in [1.82, 2.24) is 15.2 Å². The SMILES string of the molecule is CN(CCCCCN)c1nnc2ccccc2n1. The minimum absolute atomic E-state index is 0.682. The number of nitrogens with two attached hydrogens (primary N) is 1. The number of hydrogen-bond donors (Lipinski definition) is 1. The monoisotopic (exact) mass is 245 g/mol. The lowest BCUT2D eigenvalue weighted by molar-refractivity contribution is 0.671. The number of aromatic nitrogens is 3. The third kappa shape index (κ3) is 3.13. The molecule has 5 heteroatoms. The quantitative estimate of drug-likeness (QED) is 0.783. The van der Waals surface area contributed by atoms with E-state index in [9.17, 15) is 0 Å². The molecule has 0 aliphatic rings. The highest BCUT2D eigenvalue weighted by atomic mass is 15.3. The Kier molecular flexibility index (Phi) is 4.41. The normalized spacial score (nSPS) is 10.8. The maximum atomic E-state index is 5.47. The standard InChI is InChI=1S/C13H19N5/c1-18(10-6-2-5-9-14)13-15-11-7-3-4-8-12(11)16-17-13/h3-4,7-8H,2,5-6,9-10,14H2,1H3. The summed E-state index contributed by atoms with van der Waals surface area (Å²) < 4.78 is 0. The van der Waals surface area contributed by atoms with E-state index in [4.69, 9.17) is 5.73 Å². The molecule has 0 fully saturated rings. The Morgan fingerprint density at radius 3 is 2.61 bits per heavy atom. The van der Waals surface area contributed by atoms with Crippen LogP contribution in [0, 0.1) is 0 Å². The summed E-state index contributed by atoms with van der Waals surface area (Å²) in [6, 6.07) is 7.77. The van der Waals surface area contributed by atoms with Crippen LogP contribution < -0.4 is 10.6 Å². The summed E-state index contributed by atoms with van der Waals surface area (Å²) in [5, 5.41) is 8.32. The van der Waals surface area contributed by atoms with Crippen LogP contribution in [-0.2, 0) is 0 Å². The zero-order valence-electron chi connectivity index (χ0n) is 10.7. The molecule has 2 N–H and O–H groups in total. The van der Waals surface area contributed by atoms with Crippen molar-refractivity contribution in [1.29, 1.82) is 0 Å². The van der Waals surface area contributed by atoms with Crippen molar-refractivity contribution >= 4 is 17.0 Å². The van der Waals surface area contributed by atoms with Crippen LogP contribution >= 0.6 is 0 Å². The molecule has 0 unspecified atom stereocenters. The lowest BCUT2D eigenvalue weighted by Crippen LogP contribution is -2.21. The van der Waals surface area contributed by atoms with Crippen LogP contribution in [0.3, 0.4) is 0 Å². The molecule has 96 valence electrons. The van der Waals surface area contributed by atoms with Gasteiger partial charge in [-0.05, 0) is 31.5 Å². The summed E-state index contributed by atoms with van der Waals surface area (Å²) in [6.45, 7) is 1.69. The largest absolute Gasteiger partial charge is 0.343 e. The third-order valence-electron chi connectivity index (χ3n) is 2.89. The molecule has 0 amide bonds. The van der Waals surface area contributed by atoms with Gasteiger partial charge in [0.1, 0.15) is 5.52 Å². The summed E-state index contributed by atoms with van der Waals surface area (Å²) in [5.41, 5.74) is 7.19. The Morgan fingerprint density at radius 2 is 1.83 bits per heavy atom. The van der Waals surface area contributed by atoms with Gasteiger partial charge < -0.3 is 10.6 Å². The Balaban J connectivity index is 2.01. The lowest BCUT2D eigenvalue weighted by atomic mass is 10.2. The van der Waals surface area contributed by atoms with Gasteiger partial charge in [-0.25, -0.2) is 4.98 Å². The summed E-state index contributed by atoms with van der Waals surface area (Å²) in [6.07, 6.45) is 3.32. The van der Waals surface area contributed by atoms with E-state index in [-0.39, 0.29) is 0 Å². The third-order valence-corrected chi connectivity index (χ3v) is 2.89. The van der Waals surface area contributed by atoms with Crippen molar-refractivity contribution in [3.05, 3.63) is 24.3 Å². The van der Waals surface area contributed by atoms with Gasteiger partial charge in [-0.3, -0.25) is 0 Å². The molecule has 1 heterocycles. The smallest absolute Gasteiger partial charge is 0.245 e. The van der Waals surface area contributed by atoms with Crippen molar-refractivity contribution in [2.45, 2.75) is 19.3 Å². The van der Waals surface area contributed by atoms with E-state index in [1.807, 2.05) is 36.2 Å². The summed E-state index contributed by atoms with van der Waals surface area (Å²) in [5.74, 6) is 0.682. The van der Waals surface area contributed by atoms with Gasteiger partial charge in [-0.15, -0.1) is 10.2 Å². The van der Waals surface area contributed by atoms with Crippen LogP contribution in [0.5, 0.6) is 0 Å². The van der Waals surface area contributed by atoms with Gasteiger partial charge in [0.05, 0.1) is 5.52 Å². The van der Waals surface area contributed by atoms with Crippen molar-refractivity contribution in [2.24, 2.45) is 5.73 Å². The molecule has 1 aromatic carbocycles. The fourth-order valence-corrected chi connectivity index (χ4v) is 1.80. The van der Waals surface area contributed by atoms with Gasteiger partial charge in [-0.1, -0.05) is 18.6 Å². The molecule has 5 nitrogen and oxygen atoms in total. The molecule has 18 heavy (non-hydrogen) atoms. The fraction of sp³-hybridized carbons (Fsp3) is 0.462. The second-order valence-corrected chi connectivity index (χ2v) is 4.37. The van der Waals surface area contributed by atoms with Crippen molar-refractivity contribution in [2.75, 3.05) is 25.0 Å². The molecule has 0 atom stereocenters. The number of hydrogen-bond acceptors (Lipinski definition) is 5. The molecular weight excluding hydrogens is 226 g/mol. The lowest BCUT2D eigenvalue weighted by Gasteiger charge is -2.16. The van der Waals surface area contributed by atoms with Gasteiger partial charge in [0, 0.05) is 13.6 Å². The molecule has 2 aromatic rings. The molecule has 0 aliphatic carbocycles. The van der Waals surface area contributed by atoms with E-state index in [0.717, 1.165) is 43.4 Å². The van der Waals surface area contributed by atoms with E-state index in [1.54, 1.807) is 0 Å². The van der Waals surface area contributed by atoms with Crippen LogP contribution in [0.4, 0.5) is 5.95 Å². The topological polar surface area (TPSA) is 67.9 Å². The molecule has 0 saturated heterocycles. The molecule has 0 radical (unpaired) electrons. The van der Waals surface area contributed by atoms with E-state index < -0.39 is 0 Å².